The Balaban J connectivity index is 1.63. The molecular weight excluding hydrogens is 344 g/mol. The van der Waals surface area contributed by atoms with Gasteiger partial charge in [0.05, 0.1) is 30.6 Å². The highest BCUT2D eigenvalue weighted by atomic mass is 16.7. The average Bonchev–Trinajstić information content (AvgIpc) is 3.28. The molecule has 1 fully saturated rings. The highest BCUT2D eigenvalue weighted by molar-refractivity contribution is 5.91. The monoisotopic (exact) mass is 368 g/mol. The minimum Gasteiger partial charge on any atom is -0.443 e. The minimum atomic E-state index is -0.562. The lowest BCUT2D eigenvalue weighted by Gasteiger charge is -2.29. The molecule has 27 heavy (non-hydrogen) atoms. The summed E-state index contributed by atoms with van der Waals surface area (Å²) in [6.45, 7) is 6.80. The van der Waals surface area contributed by atoms with E-state index < -0.39 is 5.60 Å². The topological polar surface area (TPSA) is 60.9 Å². The number of hydrogen-bond acceptors (Lipinski definition) is 5. The standard InChI is InChI=1S/C21H24N2O4/c1-21(2,3)27-20(24)23-17-7-5-4-6-14(17)12-18(23)16-9-8-15(13-22-16)19-25-10-11-26-19/h4-9,13,18-19H,10-12H2,1-3H3. The highest BCUT2D eigenvalue weighted by Gasteiger charge is 2.38. The first-order valence-electron chi connectivity index (χ1n) is 9.21. The van der Waals surface area contributed by atoms with Crippen LogP contribution in [0.15, 0.2) is 42.6 Å². The number of para-hydroxylation sites is 1. The fourth-order valence-corrected chi connectivity index (χ4v) is 3.46. The van der Waals surface area contributed by atoms with Gasteiger partial charge in [-0.25, -0.2) is 4.79 Å². The summed E-state index contributed by atoms with van der Waals surface area (Å²) < 4.78 is 16.7. The minimum absolute atomic E-state index is 0.197. The van der Waals surface area contributed by atoms with Gasteiger partial charge in [-0.2, -0.15) is 0 Å². The molecule has 6 nitrogen and oxygen atoms in total. The van der Waals surface area contributed by atoms with Gasteiger partial charge in [0.2, 0.25) is 0 Å². The summed E-state index contributed by atoms with van der Waals surface area (Å²) in [6.07, 6.45) is 1.76. The summed E-state index contributed by atoms with van der Waals surface area (Å²) in [5.74, 6) is 0. The predicted molar refractivity (Wildman–Crippen MR) is 100 cm³/mol. The van der Waals surface area contributed by atoms with Crippen molar-refractivity contribution in [2.75, 3.05) is 18.1 Å². The summed E-state index contributed by atoms with van der Waals surface area (Å²) in [5, 5.41) is 0. The molecule has 0 bridgehead atoms. The molecule has 1 aromatic heterocycles. The average molecular weight is 368 g/mol. The maximum Gasteiger partial charge on any atom is 0.415 e. The van der Waals surface area contributed by atoms with Crippen LogP contribution in [0.4, 0.5) is 10.5 Å². The van der Waals surface area contributed by atoms with Gasteiger partial charge in [-0.3, -0.25) is 9.88 Å². The molecule has 0 spiro atoms. The zero-order chi connectivity index (χ0) is 19.0. The molecule has 0 N–H and O–H groups in total. The second-order valence-corrected chi connectivity index (χ2v) is 7.79. The number of benzene rings is 1. The predicted octanol–water partition coefficient (Wildman–Crippen LogP) is 4.17. The maximum atomic E-state index is 12.9. The second kappa shape index (κ2) is 6.94. The molecular formula is C21H24N2O4. The maximum absolute atomic E-state index is 12.9. The molecule has 1 saturated heterocycles. The van der Waals surface area contributed by atoms with E-state index in [9.17, 15) is 4.79 Å². The lowest BCUT2D eigenvalue weighted by Crippen LogP contribution is -2.37. The van der Waals surface area contributed by atoms with Crippen LogP contribution < -0.4 is 4.90 Å². The molecule has 0 radical (unpaired) electrons. The van der Waals surface area contributed by atoms with Crippen molar-refractivity contribution in [3.05, 3.63) is 59.4 Å². The zero-order valence-electron chi connectivity index (χ0n) is 15.8. The Bertz CT molecular complexity index is 823. The van der Waals surface area contributed by atoms with Gasteiger partial charge in [0.15, 0.2) is 6.29 Å². The van der Waals surface area contributed by atoms with Gasteiger partial charge in [0.1, 0.15) is 5.60 Å². The molecule has 6 heteroatoms. The van der Waals surface area contributed by atoms with Crippen LogP contribution in [0.1, 0.15) is 49.9 Å². The molecule has 1 unspecified atom stereocenters. The molecule has 1 amide bonds. The van der Waals surface area contributed by atoms with E-state index in [1.165, 1.54) is 0 Å². The van der Waals surface area contributed by atoms with E-state index in [-0.39, 0.29) is 18.4 Å². The van der Waals surface area contributed by atoms with Gasteiger partial charge in [-0.1, -0.05) is 24.3 Å². The van der Waals surface area contributed by atoms with Crippen molar-refractivity contribution in [2.45, 2.75) is 45.1 Å². The summed E-state index contributed by atoms with van der Waals surface area (Å²) in [4.78, 5) is 19.2. The van der Waals surface area contributed by atoms with Crippen molar-refractivity contribution < 1.29 is 19.0 Å². The fourth-order valence-electron chi connectivity index (χ4n) is 3.46. The van der Waals surface area contributed by atoms with Crippen LogP contribution in [0.5, 0.6) is 0 Å². The number of amides is 1. The van der Waals surface area contributed by atoms with E-state index in [1.54, 1.807) is 11.1 Å². The first kappa shape index (κ1) is 17.9. The van der Waals surface area contributed by atoms with Crippen molar-refractivity contribution in [1.82, 2.24) is 4.98 Å². The Labute approximate surface area is 159 Å². The van der Waals surface area contributed by atoms with Gasteiger partial charge in [0, 0.05) is 18.2 Å². The van der Waals surface area contributed by atoms with Crippen LogP contribution >= 0.6 is 0 Å². The smallest absolute Gasteiger partial charge is 0.415 e. The number of ether oxygens (including phenoxy) is 3. The van der Waals surface area contributed by atoms with E-state index in [2.05, 4.69) is 4.98 Å². The van der Waals surface area contributed by atoms with E-state index in [0.717, 1.165) is 22.5 Å². The van der Waals surface area contributed by atoms with Crippen molar-refractivity contribution >= 4 is 11.8 Å². The van der Waals surface area contributed by atoms with Crippen molar-refractivity contribution in [3.8, 4) is 0 Å². The number of anilines is 1. The molecule has 2 aliphatic heterocycles. The van der Waals surface area contributed by atoms with E-state index >= 15 is 0 Å². The first-order chi connectivity index (χ1) is 12.9. The molecule has 4 rings (SSSR count). The quantitative estimate of drug-likeness (QED) is 0.796. The molecule has 3 heterocycles. The molecule has 142 valence electrons. The third kappa shape index (κ3) is 3.68. The van der Waals surface area contributed by atoms with Crippen LogP contribution in [-0.4, -0.2) is 29.9 Å². The normalized spacial score (nSPS) is 20.0. The van der Waals surface area contributed by atoms with Crippen molar-refractivity contribution in [2.24, 2.45) is 0 Å². The largest absolute Gasteiger partial charge is 0.443 e. The highest BCUT2D eigenvalue weighted by Crippen LogP contribution is 2.40. The van der Waals surface area contributed by atoms with Gasteiger partial charge in [-0.15, -0.1) is 0 Å². The number of carbonyl (C=O) groups is 1. The Kier molecular flexibility index (Phi) is 4.61. The molecule has 0 saturated carbocycles. The Hall–Kier alpha value is -2.44. The van der Waals surface area contributed by atoms with Gasteiger partial charge in [0.25, 0.3) is 0 Å². The number of rotatable bonds is 2. The molecule has 1 aromatic carbocycles. The lowest BCUT2D eigenvalue weighted by molar-refractivity contribution is -0.0443. The van der Waals surface area contributed by atoms with Crippen LogP contribution in [0.2, 0.25) is 0 Å². The fraction of sp³-hybridized carbons (Fsp3) is 0.429. The van der Waals surface area contributed by atoms with Gasteiger partial charge >= 0.3 is 6.09 Å². The van der Waals surface area contributed by atoms with Crippen molar-refractivity contribution in [1.29, 1.82) is 0 Å². The van der Waals surface area contributed by atoms with Gasteiger partial charge in [-0.05, 0) is 38.5 Å². The van der Waals surface area contributed by atoms with Gasteiger partial charge < -0.3 is 14.2 Å². The van der Waals surface area contributed by atoms with E-state index in [0.29, 0.717) is 19.6 Å². The third-order valence-corrected chi connectivity index (χ3v) is 4.61. The number of carbonyl (C=O) groups excluding carboxylic acids is 1. The third-order valence-electron chi connectivity index (χ3n) is 4.61. The lowest BCUT2D eigenvalue weighted by atomic mass is 10.1. The summed E-state index contributed by atoms with van der Waals surface area (Å²) in [6, 6.07) is 11.6. The number of pyridine rings is 1. The second-order valence-electron chi connectivity index (χ2n) is 7.79. The Morgan fingerprint density at radius 2 is 1.89 bits per heavy atom. The number of hydrogen-bond donors (Lipinski definition) is 0. The van der Waals surface area contributed by atoms with Crippen LogP contribution in [-0.2, 0) is 20.6 Å². The van der Waals surface area contributed by atoms with Crippen LogP contribution in [0.3, 0.4) is 0 Å². The summed E-state index contributed by atoms with van der Waals surface area (Å²) in [5.41, 5.74) is 3.13. The van der Waals surface area contributed by atoms with E-state index in [1.807, 2.05) is 57.2 Å². The summed E-state index contributed by atoms with van der Waals surface area (Å²) >= 11 is 0. The number of nitrogens with zero attached hydrogens (tertiary/aromatic N) is 2. The van der Waals surface area contributed by atoms with Crippen LogP contribution in [0, 0.1) is 0 Å². The SMILES string of the molecule is CC(C)(C)OC(=O)N1c2ccccc2CC1c1ccc(C2OCCO2)cn1. The Morgan fingerprint density at radius 3 is 2.56 bits per heavy atom. The molecule has 2 aliphatic rings. The first-order valence-corrected chi connectivity index (χ1v) is 9.21. The van der Waals surface area contributed by atoms with Crippen LogP contribution in [0.25, 0.3) is 0 Å². The number of aromatic nitrogens is 1. The summed E-state index contributed by atoms with van der Waals surface area (Å²) in [7, 11) is 0. The molecule has 2 aromatic rings. The number of fused-ring (bicyclic) bond motifs is 1. The molecule has 1 atom stereocenters. The van der Waals surface area contributed by atoms with E-state index in [4.69, 9.17) is 14.2 Å². The van der Waals surface area contributed by atoms with Crippen molar-refractivity contribution in [3.63, 3.8) is 0 Å². The zero-order valence-corrected chi connectivity index (χ0v) is 15.8. The molecule has 0 aliphatic carbocycles. The Morgan fingerprint density at radius 1 is 1.15 bits per heavy atom.